The largest absolute Gasteiger partial charge is 0.479 e. The van der Waals surface area contributed by atoms with Gasteiger partial charge in [0.15, 0.2) is 5.82 Å². The molecule has 1 aliphatic rings. The summed E-state index contributed by atoms with van der Waals surface area (Å²) in [5, 5.41) is 20.5. The van der Waals surface area contributed by atoms with E-state index < -0.39 is 28.6 Å². The Bertz CT molecular complexity index is 452. The van der Waals surface area contributed by atoms with Crippen LogP contribution in [0.1, 0.15) is 25.7 Å². The van der Waals surface area contributed by atoms with Crippen molar-refractivity contribution in [3.63, 3.8) is 0 Å². The highest BCUT2D eigenvalue weighted by Crippen LogP contribution is 2.33. The van der Waals surface area contributed by atoms with Crippen LogP contribution in [0.5, 0.6) is 5.75 Å². The van der Waals surface area contributed by atoms with Gasteiger partial charge in [-0.3, -0.25) is 10.1 Å². The molecular weight excluding hydrogens is 241 g/mol. The van der Waals surface area contributed by atoms with E-state index in [1.165, 1.54) is 12.1 Å². The highest BCUT2D eigenvalue weighted by atomic mass is 19.1. The molecular formula is C12H14FNO4. The van der Waals surface area contributed by atoms with Crippen molar-refractivity contribution < 1.29 is 19.2 Å². The first kappa shape index (κ1) is 12.8. The van der Waals surface area contributed by atoms with Gasteiger partial charge in [-0.1, -0.05) is 12.5 Å². The maximum atomic E-state index is 13.6. The van der Waals surface area contributed by atoms with Crippen LogP contribution in [0.2, 0.25) is 0 Å². The van der Waals surface area contributed by atoms with Crippen LogP contribution in [0, 0.1) is 15.9 Å². The van der Waals surface area contributed by atoms with Crippen LogP contribution in [0.25, 0.3) is 0 Å². The molecule has 5 nitrogen and oxygen atoms in total. The lowest BCUT2D eigenvalue weighted by atomic mass is 9.95. The van der Waals surface area contributed by atoms with Gasteiger partial charge in [0.25, 0.3) is 0 Å². The van der Waals surface area contributed by atoms with Crippen molar-refractivity contribution in [2.24, 2.45) is 0 Å². The van der Waals surface area contributed by atoms with E-state index in [0.29, 0.717) is 12.8 Å². The molecule has 0 aliphatic heterocycles. The van der Waals surface area contributed by atoms with Gasteiger partial charge in [0.05, 0.1) is 11.0 Å². The third-order valence-electron chi connectivity index (χ3n) is 3.08. The minimum atomic E-state index is -0.776. The van der Waals surface area contributed by atoms with E-state index >= 15 is 0 Å². The normalized spacial score (nSPS) is 23.7. The Kier molecular flexibility index (Phi) is 3.76. The van der Waals surface area contributed by atoms with Crippen molar-refractivity contribution in [3.05, 3.63) is 34.1 Å². The molecule has 2 atom stereocenters. The molecule has 6 heteroatoms. The first-order chi connectivity index (χ1) is 8.59. The molecule has 1 aromatic carbocycles. The van der Waals surface area contributed by atoms with Crippen LogP contribution in [0.15, 0.2) is 18.2 Å². The summed E-state index contributed by atoms with van der Waals surface area (Å²) in [5.41, 5.74) is -0.409. The molecule has 0 spiro atoms. The standard InChI is InChI=1S/C12H14FNO4/c13-8-4-3-5-9(14(16)17)12(8)18-11-7-2-1-6-10(11)15/h3-5,10-11,15H,1-2,6-7H2. The molecule has 0 saturated heterocycles. The molecule has 18 heavy (non-hydrogen) atoms. The predicted molar refractivity (Wildman–Crippen MR) is 61.9 cm³/mol. The summed E-state index contributed by atoms with van der Waals surface area (Å²) in [6, 6.07) is 3.56. The van der Waals surface area contributed by atoms with Gasteiger partial charge >= 0.3 is 5.69 Å². The molecule has 2 rings (SSSR count). The zero-order valence-electron chi connectivity index (χ0n) is 9.71. The lowest BCUT2D eigenvalue weighted by molar-refractivity contribution is -0.386. The second-order valence-corrected chi connectivity index (χ2v) is 4.35. The van der Waals surface area contributed by atoms with Gasteiger partial charge in [0.1, 0.15) is 6.10 Å². The van der Waals surface area contributed by atoms with E-state index in [9.17, 15) is 19.6 Å². The van der Waals surface area contributed by atoms with E-state index in [1.807, 2.05) is 0 Å². The molecule has 1 N–H and O–H groups in total. The van der Waals surface area contributed by atoms with E-state index in [4.69, 9.17) is 4.74 Å². The summed E-state index contributed by atoms with van der Waals surface area (Å²) in [7, 11) is 0. The number of benzene rings is 1. The Morgan fingerprint density at radius 1 is 1.39 bits per heavy atom. The second-order valence-electron chi connectivity index (χ2n) is 4.35. The number of para-hydroxylation sites is 1. The maximum absolute atomic E-state index is 13.6. The van der Waals surface area contributed by atoms with Crippen LogP contribution in [-0.2, 0) is 0 Å². The van der Waals surface area contributed by atoms with Gasteiger partial charge < -0.3 is 9.84 Å². The first-order valence-electron chi connectivity index (χ1n) is 5.87. The average molecular weight is 255 g/mol. The Morgan fingerprint density at radius 2 is 2.11 bits per heavy atom. The van der Waals surface area contributed by atoms with E-state index in [1.54, 1.807) is 0 Å². The fourth-order valence-electron chi connectivity index (χ4n) is 2.12. The molecule has 0 radical (unpaired) electrons. The van der Waals surface area contributed by atoms with Crippen LogP contribution < -0.4 is 4.74 Å². The van der Waals surface area contributed by atoms with E-state index in [-0.39, 0.29) is 5.75 Å². The van der Waals surface area contributed by atoms with Crippen LogP contribution in [0.4, 0.5) is 10.1 Å². The zero-order valence-corrected chi connectivity index (χ0v) is 9.71. The topological polar surface area (TPSA) is 72.6 Å². The SMILES string of the molecule is O=[N+]([O-])c1cccc(F)c1OC1CCCCC1O. The number of ether oxygens (including phenoxy) is 1. The maximum Gasteiger partial charge on any atom is 0.314 e. The minimum Gasteiger partial charge on any atom is -0.479 e. The molecule has 0 amide bonds. The summed E-state index contributed by atoms with van der Waals surface area (Å²) in [4.78, 5) is 10.1. The molecule has 2 unspecified atom stereocenters. The van der Waals surface area contributed by atoms with Gasteiger partial charge in [-0.05, 0) is 25.3 Å². The minimum absolute atomic E-state index is 0.381. The number of rotatable bonds is 3. The van der Waals surface area contributed by atoms with Gasteiger partial charge in [-0.25, -0.2) is 4.39 Å². The molecule has 1 saturated carbocycles. The molecule has 0 aromatic heterocycles. The number of nitrogens with zero attached hydrogens (tertiary/aromatic N) is 1. The van der Waals surface area contributed by atoms with Crippen LogP contribution >= 0.6 is 0 Å². The summed E-state index contributed by atoms with van der Waals surface area (Å²) in [6.07, 6.45) is 1.64. The Morgan fingerprint density at radius 3 is 2.78 bits per heavy atom. The molecule has 1 aliphatic carbocycles. The fraction of sp³-hybridized carbons (Fsp3) is 0.500. The van der Waals surface area contributed by atoms with Crippen molar-refractivity contribution in [2.45, 2.75) is 37.9 Å². The monoisotopic (exact) mass is 255 g/mol. The molecule has 0 bridgehead atoms. The quantitative estimate of drug-likeness (QED) is 0.665. The summed E-state index contributed by atoms with van der Waals surface area (Å²) < 4.78 is 18.9. The zero-order chi connectivity index (χ0) is 13.1. The summed E-state index contributed by atoms with van der Waals surface area (Å²) >= 11 is 0. The van der Waals surface area contributed by atoms with Crippen molar-refractivity contribution >= 4 is 5.69 Å². The number of hydrogen-bond acceptors (Lipinski definition) is 4. The van der Waals surface area contributed by atoms with Crippen LogP contribution in [0.3, 0.4) is 0 Å². The van der Waals surface area contributed by atoms with Gasteiger partial charge in [0.2, 0.25) is 5.75 Å². The first-order valence-corrected chi connectivity index (χ1v) is 5.87. The van der Waals surface area contributed by atoms with Crippen LogP contribution in [-0.4, -0.2) is 22.2 Å². The smallest absolute Gasteiger partial charge is 0.314 e. The Balaban J connectivity index is 2.24. The summed E-state index contributed by atoms with van der Waals surface area (Å²) in [5.74, 6) is -1.16. The molecule has 98 valence electrons. The lowest BCUT2D eigenvalue weighted by Gasteiger charge is -2.28. The van der Waals surface area contributed by atoms with Gasteiger partial charge in [-0.15, -0.1) is 0 Å². The molecule has 1 fully saturated rings. The number of nitro benzene ring substituents is 1. The number of aliphatic hydroxyl groups is 1. The lowest BCUT2D eigenvalue weighted by Crippen LogP contribution is -2.35. The predicted octanol–water partition coefficient (Wildman–Crippen LogP) is 2.42. The highest BCUT2D eigenvalue weighted by molar-refractivity contribution is 5.47. The second kappa shape index (κ2) is 5.30. The number of halogens is 1. The third kappa shape index (κ3) is 2.59. The number of aliphatic hydroxyl groups excluding tert-OH is 1. The molecule has 0 heterocycles. The Labute approximate surface area is 103 Å². The van der Waals surface area contributed by atoms with Crippen molar-refractivity contribution in [1.82, 2.24) is 0 Å². The van der Waals surface area contributed by atoms with Crippen molar-refractivity contribution in [1.29, 1.82) is 0 Å². The highest BCUT2D eigenvalue weighted by Gasteiger charge is 2.29. The van der Waals surface area contributed by atoms with Crippen molar-refractivity contribution in [3.8, 4) is 5.75 Å². The van der Waals surface area contributed by atoms with E-state index in [2.05, 4.69) is 0 Å². The Hall–Kier alpha value is -1.69. The summed E-state index contributed by atoms with van der Waals surface area (Å²) in [6.45, 7) is 0. The number of hydrogen-bond donors (Lipinski definition) is 1. The van der Waals surface area contributed by atoms with Gasteiger partial charge in [0, 0.05) is 6.07 Å². The van der Waals surface area contributed by atoms with E-state index in [0.717, 1.165) is 18.9 Å². The fourth-order valence-corrected chi connectivity index (χ4v) is 2.12. The van der Waals surface area contributed by atoms with Crippen molar-refractivity contribution in [2.75, 3.05) is 0 Å². The van der Waals surface area contributed by atoms with Gasteiger partial charge in [-0.2, -0.15) is 0 Å². The average Bonchev–Trinajstić information content (AvgIpc) is 2.34. The third-order valence-corrected chi connectivity index (χ3v) is 3.08. The molecule has 1 aromatic rings. The number of nitro groups is 1.